The first-order valence-electron chi connectivity index (χ1n) is 6.99. The predicted molar refractivity (Wildman–Crippen MR) is 83.2 cm³/mol. The summed E-state index contributed by atoms with van der Waals surface area (Å²) in [5.74, 6) is 0.0138. The zero-order chi connectivity index (χ0) is 14.7. The van der Waals surface area contributed by atoms with E-state index in [1.807, 2.05) is 50.8 Å². The molecule has 4 nitrogen and oxygen atoms in total. The minimum Gasteiger partial charge on any atom is -0.351 e. The molecule has 108 valence electrons. The van der Waals surface area contributed by atoms with Crippen LogP contribution in [0.15, 0.2) is 24.3 Å². The SMILES string of the molecule is Cc1c(C(=O)NCCCN(C)C)n(C)c2ccccc12. The Labute approximate surface area is 120 Å². The second-order valence-electron chi connectivity index (χ2n) is 5.46. The number of carbonyl (C=O) groups is 1. The van der Waals surface area contributed by atoms with Crippen molar-refractivity contribution in [3.05, 3.63) is 35.5 Å². The highest BCUT2D eigenvalue weighted by Gasteiger charge is 2.17. The number of amides is 1. The lowest BCUT2D eigenvalue weighted by molar-refractivity contribution is 0.0944. The molecule has 2 rings (SSSR count). The zero-order valence-electron chi connectivity index (χ0n) is 12.7. The molecular weight excluding hydrogens is 250 g/mol. The van der Waals surface area contributed by atoms with Crippen LogP contribution in [0.3, 0.4) is 0 Å². The molecule has 0 radical (unpaired) electrons. The summed E-state index contributed by atoms with van der Waals surface area (Å²) in [6.45, 7) is 3.70. The average Bonchev–Trinajstić information content (AvgIpc) is 2.67. The fraction of sp³-hybridized carbons (Fsp3) is 0.438. The van der Waals surface area contributed by atoms with Crippen molar-refractivity contribution in [2.45, 2.75) is 13.3 Å². The van der Waals surface area contributed by atoms with E-state index in [1.165, 1.54) is 0 Å². The van der Waals surface area contributed by atoms with Crippen LogP contribution in [0.1, 0.15) is 22.5 Å². The van der Waals surface area contributed by atoms with E-state index in [-0.39, 0.29) is 5.91 Å². The van der Waals surface area contributed by atoms with Crippen molar-refractivity contribution in [3.63, 3.8) is 0 Å². The normalized spacial score (nSPS) is 11.2. The summed E-state index contributed by atoms with van der Waals surface area (Å²) in [6.07, 6.45) is 0.960. The molecule has 0 aliphatic rings. The molecule has 0 spiro atoms. The van der Waals surface area contributed by atoms with Gasteiger partial charge in [0, 0.05) is 24.5 Å². The zero-order valence-corrected chi connectivity index (χ0v) is 12.7. The van der Waals surface area contributed by atoms with Crippen molar-refractivity contribution in [1.29, 1.82) is 0 Å². The maximum Gasteiger partial charge on any atom is 0.268 e. The third-order valence-electron chi connectivity index (χ3n) is 3.64. The van der Waals surface area contributed by atoms with Crippen LogP contribution in [-0.4, -0.2) is 42.6 Å². The van der Waals surface area contributed by atoms with Crippen LogP contribution in [-0.2, 0) is 7.05 Å². The number of nitrogens with one attached hydrogen (secondary N) is 1. The maximum atomic E-state index is 12.4. The fourth-order valence-corrected chi connectivity index (χ4v) is 2.59. The number of rotatable bonds is 5. The van der Waals surface area contributed by atoms with Crippen LogP contribution in [0.2, 0.25) is 0 Å². The molecule has 0 aliphatic heterocycles. The molecule has 1 heterocycles. The van der Waals surface area contributed by atoms with Crippen LogP contribution in [0, 0.1) is 6.92 Å². The highest BCUT2D eigenvalue weighted by atomic mass is 16.1. The van der Waals surface area contributed by atoms with Crippen LogP contribution in [0.25, 0.3) is 10.9 Å². The number of hydrogen-bond donors (Lipinski definition) is 1. The molecular formula is C16H23N3O. The van der Waals surface area contributed by atoms with Gasteiger partial charge in [-0.25, -0.2) is 0 Å². The summed E-state index contributed by atoms with van der Waals surface area (Å²) in [4.78, 5) is 14.5. The molecule has 1 aromatic heterocycles. The number of para-hydroxylation sites is 1. The lowest BCUT2D eigenvalue weighted by atomic mass is 10.1. The molecule has 0 atom stereocenters. The van der Waals surface area contributed by atoms with E-state index >= 15 is 0 Å². The topological polar surface area (TPSA) is 37.3 Å². The Morgan fingerprint density at radius 2 is 2.00 bits per heavy atom. The van der Waals surface area contributed by atoms with Crippen LogP contribution in [0.5, 0.6) is 0 Å². The third-order valence-corrected chi connectivity index (χ3v) is 3.64. The number of aromatic nitrogens is 1. The minimum absolute atomic E-state index is 0.0138. The number of nitrogens with zero attached hydrogens (tertiary/aromatic N) is 2. The van der Waals surface area contributed by atoms with Crippen LogP contribution < -0.4 is 5.32 Å². The monoisotopic (exact) mass is 273 g/mol. The van der Waals surface area contributed by atoms with Gasteiger partial charge in [-0.2, -0.15) is 0 Å². The molecule has 4 heteroatoms. The van der Waals surface area contributed by atoms with E-state index in [0.29, 0.717) is 6.54 Å². The van der Waals surface area contributed by atoms with Gasteiger partial charge in [0.25, 0.3) is 5.91 Å². The first kappa shape index (κ1) is 14.6. The van der Waals surface area contributed by atoms with E-state index in [2.05, 4.69) is 16.3 Å². The van der Waals surface area contributed by atoms with E-state index in [9.17, 15) is 4.79 Å². The van der Waals surface area contributed by atoms with Crippen LogP contribution >= 0.6 is 0 Å². The number of fused-ring (bicyclic) bond motifs is 1. The molecule has 20 heavy (non-hydrogen) atoms. The number of benzene rings is 1. The van der Waals surface area contributed by atoms with Gasteiger partial charge in [-0.3, -0.25) is 4.79 Å². The summed E-state index contributed by atoms with van der Waals surface area (Å²) < 4.78 is 1.98. The Morgan fingerprint density at radius 1 is 1.30 bits per heavy atom. The van der Waals surface area contributed by atoms with Gasteiger partial charge in [0.2, 0.25) is 0 Å². The molecule has 2 aromatic rings. The number of hydrogen-bond acceptors (Lipinski definition) is 2. The van der Waals surface area contributed by atoms with Gasteiger partial charge in [-0.05, 0) is 45.6 Å². The lowest BCUT2D eigenvalue weighted by Crippen LogP contribution is -2.29. The molecule has 0 saturated heterocycles. The van der Waals surface area contributed by atoms with Crippen LogP contribution in [0.4, 0.5) is 0 Å². The molecule has 0 aliphatic carbocycles. The van der Waals surface area contributed by atoms with Crippen molar-refractivity contribution in [2.24, 2.45) is 7.05 Å². The summed E-state index contributed by atoms with van der Waals surface area (Å²) in [6, 6.07) is 8.12. The smallest absolute Gasteiger partial charge is 0.268 e. The summed E-state index contributed by atoms with van der Waals surface area (Å²) in [5.41, 5.74) is 2.91. The Bertz CT molecular complexity index is 574. The van der Waals surface area contributed by atoms with Gasteiger partial charge in [-0.15, -0.1) is 0 Å². The van der Waals surface area contributed by atoms with E-state index < -0.39 is 0 Å². The molecule has 0 unspecified atom stereocenters. The van der Waals surface area contributed by atoms with Gasteiger partial charge in [0.15, 0.2) is 0 Å². The van der Waals surface area contributed by atoms with Crippen molar-refractivity contribution in [3.8, 4) is 0 Å². The first-order valence-corrected chi connectivity index (χ1v) is 6.99. The van der Waals surface area contributed by atoms with E-state index in [4.69, 9.17) is 0 Å². The van der Waals surface area contributed by atoms with Gasteiger partial charge < -0.3 is 14.8 Å². The minimum atomic E-state index is 0.0138. The largest absolute Gasteiger partial charge is 0.351 e. The van der Waals surface area contributed by atoms with Gasteiger partial charge in [0.1, 0.15) is 5.69 Å². The molecule has 1 N–H and O–H groups in total. The standard InChI is InChI=1S/C16H23N3O/c1-12-13-8-5-6-9-14(13)19(4)15(12)16(20)17-10-7-11-18(2)3/h5-6,8-9H,7,10-11H2,1-4H3,(H,17,20). The Morgan fingerprint density at radius 3 is 2.65 bits per heavy atom. The van der Waals surface area contributed by atoms with E-state index in [1.54, 1.807) is 0 Å². The lowest BCUT2D eigenvalue weighted by Gasteiger charge is -2.10. The second-order valence-corrected chi connectivity index (χ2v) is 5.46. The van der Waals surface area contributed by atoms with Gasteiger partial charge >= 0.3 is 0 Å². The summed E-state index contributed by atoms with van der Waals surface area (Å²) in [7, 11) is 6.02. The highest BCUT2D eigenvalue weighted by Crippen LogP contribution is 2.24. The molecule has 1 amide bonds. The quantitative estimate of drug-likeness (QED) is 0.848. The molecule has 1 aromatic carbocycles. The summed E-state index contributed by atoms with van der Waals surface area (Å²) in [5, 5.41) is 4.16. The number of aryl methyl sites for hydroxylation is 2. The van der Waals surface area contributed by atoms with Crippen molar-refractivity contribution in [2.75, 3.05) is 27.2 Å². The highest BCUT2D eigenvalue weighted by molar-refractivity contribution is 6.01. The average molecular weight is 273 g/mol. The Kier molecular flexibility index (Phi) is 4.45. The van der Waals surface area contributed by atoms with Crippen molar-refractivity contribution >= 4 is 16.8 Å². The van der Waals surface area contributed by atoms with Gasteiger partial charge in [-0.1, -0.05) is 18.2 Å². The van der Waals surface area contributed by atoms with Gasteiger partial charge in [0.05, 0.1) is 0 Å². The van der Waals surface area contributed by atoms with E-state index in [0.717, 1.165) is 35.1 Å². The third kappa shape index (κ3) is 2.85. The van der Waals surface area contributed by atoms with Crippen molar-refractivity contribution < 1.29 is 4.79 Å². The first-order chi connectivity index (χ1) is 9.52. The summed E-state index contributed by atoms with van der Waals surface area (Å²) >= 11 is 0. The maximum absolute atomic E-state index is 12.4. The second kappa shape index (κ2) is 6.09. The molecule has 0 saturated carbocycles. The Hall–Kier alpha value is -1.81. The Balaban J connectivity index is 2.14. The number of carbonyl (C=O) groups excluding carboxylic acids is 1. The molecule has 0 bridgehead atoms. The predicted octanol–water partition coefficient (Wildman–Crippen LogP) is 2.17. The van der Waals surface area contributed by atoms with Crippen molar-refractivity contribution in [1.82, 2.24) is 14.8 Å². The molecule has 0 fully saturated rings. The fourth-order valence-electron chi connectivity index (χ4n) is 2.59.